The van der Waals surface area contributed by atoms with Crippen molar-refractivity contribution in [1.82, 2.24) is 44.8 Å². The fourth-order valence-corrected chi connectivity index (χ4v) is 14.4. The van der Waals surface area contributed by atoms with Crippen molar-refractivity contribution in [2.75, 3.05) is 70.3 Å². The minimum Gasteiger partial charge on any atom is -0.444 e. The number of likely N-dealkylation sites (tertiary alicyclic amines) is 3. The molecule has 23 heteroatoms. The number of aliphatic imine (C=N–C) groups is 1. The van der Waals surface area contributed by atoms with Gasteiger partial charge in [-0.3, -0.25) is 24.3 Å². The van der Waals surface area contributed by atoms with Crippen LogP contribution >= 0.6 is 11.6 Å². The summed E-state index contributed by atoms with van der Waals surface area (Å²) in [5.41, 5.74) is -0.280. The Morgan fingerprint density at radius 3 is 2.17 bits per heavy atom. The fraction of sp³-hybridized carbons (Fsp3) is 0.571. The highest BCUT2D eigenvalue weighted by Crippen LogP contribution is 2.48. The highest BCUT2D eigenvalue weighted by atomic mass is 35.5. The van der Waals surface area contributed by atoms with E-state index in [0.717, 1.165) is 110 Å². The zero-order chi connectivity index (χ0) is 65.8. The summed E-state index contributed by atoms with van der Waals surface area (Å²) in [4.78, 5) is 99.0. The number of amidine groups is 1. The zero-order valence-electron chi connectivity index (χ0n) is 54.5. The highest BCUT2D eigenvalue weighted by Gasteiger charge is 2.65. The van der Waals surface area contributed by atoms with E-state index in [9.17, 15) is 32.8 Å². The van der Waals surface area contributed by atoms with Gasteiger partial charge >= 0.3 is 12.2 Å². The van der Waals surface area contributed by atoms with E-state index in [-0.39, 0.29) is 65.9 Å². The Balaban J connectivity index is 0.680. The Morgan fingerprint density at radius 1 is 0.785 bits per heavy atom. The number of benzene rings is 3. The van der Waals surface area contributed by atoms with Crippen LogP contribution in [0.1, 0.15) is 170 Å². The molecule has 5 aromatic rings. The van der Waals surface area contributed by atoms with Crippen LogP contribution < -0.4 is 10.2 Å². The third kappa shape index (κ3) is 16.3. The molecule has 5 aliphatic heterocycles. The quantitative estimate of drug-likeness (QED) is 0.0837. The van der Waals surface area contributed by atoms with Crippen molar-refractivity contribution in [2.24, 2.45) is 10.9 Å². The van der Waals surface area contributed by atoms with Crippen molar-refractivity contribution in [3.05, 3.63) is 124 Å². The van der Waals surface area contributed by atoms with Gasteiger partial charge in [0.2, 0.25) is 11.8 Å². The van der Waals surface area contributed by atoms with Gasteiger partial charge in [-0.25, -0.2) is 37.6 Å². The van der Waals surface area contributed by atoms with Gasteiger partial charge in [-0.2, -0.15) is 0 Å². The van der Waals surface area contributed by atoms with E-state index in [4.69, 9.17) is 30.8 Å². The molecule has 1 unspecified atom stereocenters. The molecule has 1 saturated carbocycles. The molecule has 0 radical (unpaired) electrons. The molecule has 93 heavy (non-hydrogen) atoms. The summed E-state index contributed by atoms with van der Waals surface area (Å²) in [6.07, 6.45) is 12.8. The average molecular weight is 1300 g/mol. The number of ether oxygens (including phenoxy) is 3. The summed E-state index contributed by atoms with van der Waals surface area (Å²) < 4.78 is 63.8. The van der Waals surface area contributed by atoms with Crippen LogP contribution in [0.5, 0.6) is 0 Å². The minimum absolute atomic E-state index is 0.00273. The summed E-state index contributed by atoms with van der Waals surface area (Å²) in [7, 11) is 0. The fourth-order valence-electron chi connectivity index (χ4n) is 14.3. The van der Waals surface area contributed by atoms with Gasteiger partial charge in [0.05, 0.1) is 35.7 Å². The van der Waals surface area contributed by atoms with Crippen molar-refractivity contribution in [2.45, 2.75) is 185 Å². The second kappa shape index (κ2) is 28.7. The van der Waals surface area contributed by atoms with E-state index in [1.54, 1.807) is 44.1 Å². The van der Waals surface area contributed by atoms with Gasteiger partial charge in [-0.05, 0) is 160 Å². The Bertz CT molecular complexity index is 3510. The molecular formula is C70H89ClF3N11O8. The van der Waals surface area contributed by atoms with Gasteiger partial charge < -0.3 is 44.1 Å². The molecule has 2 N–H and O–H groups in total. The number of hydrogen-bond acceptors (Lipinski definition) is 13. The van der Waals surface area contributed by atoms with Crippen LogP contribution in [0.25, 0.3) is 11.0 Å². The first-order chi connectivity index (χ1) is 44.5. The molecule has 500 valence electrons. The van der Waals surface area contributed by atoms with Crippen LogP contribution in [-0.4, -0.2) is 176 Å². The summed E-state index contributed by atoms with van der Waals surface area (Å²) in [6, 6.07) is 16.4. The Kier molecular flexibility index (Phi) is 20.7. The van der Waals surface area contributed by atoms with Crippen LogP contribution in [0.2, 0.25) is 5.02 Å². The van der Waals surface area contributed by atoms with E-state index in [0.29, 0.717) is 82.3 Å². The first kappa shape index (κ1) is 67.1. The van der Waals surface area contributed by atoms with Gasteiger partial charge in [0.1, 0.15) is 70.4 Å². The van der Waals surface area contributed by atoms with Gasteiger partial charge in [0.25, 0.3) is 5.91 Å². The molecule has 2 aromatic heterocycles. The summed E-state index contributed by atoms with van der Waals surface area (Å²) in [5.74, 6) is -2.63. The number of aromatic amines is 1. The van der Waals surface area contributed by atoms with Crippen molar-refractivity contribution in [3.63, 3.8) is 0 Å². The van der Waals surface area contributed by atoms with E-state index in [1.165, 1.54) is 17.0 Å². The van der Waals surface area contributed by atoms with Crippen LogP contribution in [0, 0.1) is 23.4 Å². The smallest absolute Gasteiger partial charge is 0.416 e. The molecule has 0 bridgehead atoms. The van der Waals surface area contributed by atoms with Crippen LogP contribution in [-0.2, 0) is 30.3 Å². The molecule has 1 spiro atoms. The molecule has 11 rings (SSSR count). The largest absolute Gasteiger partial charge is 0.444 e. The second-order valence-electron chi connectivity index (χ2n) is 28.1. The number of hydrogen-bond donors (Lipinski definition) is 2. The predicted octanol–water partition coefficient (Wildman–Crippen LogP) is 12.1. The number of piperidine rings is 4. The van der Waals surface area contributed by atoms with E-state index < -0.39 is 70.6 Å². The highest BCUT2D eigenvalue weighted by molar-refractivity contribution is 6.30. The lowest BCUT2D eigenvalue weighted by Crippen LogP contribution is -2.55. The van der Waals surface area contributed by atoms with Gasteiger partial charge in [-0.1, -0.05) is 61.2 Å². The normalized spacial score (nSPS) is 20.6. The Labute approximate surface area is 548 Å². The monoisotopic (exact) mass is 1300 g/mol. The molecule has 5 amide bonds. The van der Waals surface area contributed by atoms with E-state index in [2.05, 4.69) is 30.1 Å². The third-order valence-electron chi connectivity index (χ3n) is 19.2. The lowest BCUT2D eigenvalue weighted by atomic mass is 9.83. The van der Waals surface area contributed by atoms with E-state index in [1.807, 2.05) is 62.2 Å². The molecule has 3 aromatic carbocycles. The molecule has 6 fully saturated rings. The van der Waals surface area contributed by atoms with Crippen molar-refractivity contribution < 1.29 is 51.4 Å². The summed E-state index contributed by atoms with van der Waals surface area (Å²) >= 11 is 6.42. The average Bonchev–Trinajstić information content (AvgIpc) is 1.55. The number of amides is 5. The first-order valence-corrected chi connectivity index (χ1v) is 33.7. The zero-order valence-corrected chi connectivity index (χ0v) is 55.2. The number of aromatic nitrogens is 3. The SMILES string of the molecule is CC(C)(C)OC(=O)N(CC(=O)N1CCCC(c2cccc(C(=O)N[C@@H](C(=O)N3CCC(OC4CCN(CC[C@H](N=C5N(C(=O)OC(C)(C)C)C56CCN(c5ncnc7[nH]ccc57)CC6)c5ccc(Cl)cc5)CC4)CC3)C3CCCCC3)c2F)C1)Cc1ccc(F)cc1F. The number of nitrogens with one attached hydrogen (secondary N) is 2. The standard InChI is InChI=1S/C70H89ClF3N11O8/c1-68(2,3)92-66(89)84(42-48-19-22-50(72)40-56(48)73)43-58(86)83-32-11-14-47(41-83)53-15-10-16-54(59(53)74)63(87)79-60(46-12-8-7-9-13-46)64(88)82-36-26-52(27-37-82)91-51-24-33-80(34-25-51)35-28-57(45-17-20-49(71)21-18-45)78-65-70(85(65)67(90)93-69(4,5)6)29-38-81(39-30-70)62-55-23-31-75-61(55)76-44-77-62/h10,15-23,31,40,44,46-47,51-52,57,60H,7-9,11-14,24-30,32-39,41-43H2,1-6H3,(H,79,87)(H,75,76,77)/t47?,57-,60+,85?/m0/s1. The second-order valence-corrected chi connectivity index (χ2v) is 28.5. The number of nitrogens with zero attached hydrogens (tertiary/aromatic N) is 9. The summed E-state index contributed by atoms with van der Waals surface area (Å²) in [5, 5.41) is 4.62. The molecular weight excluding hydrogens is 1220 g/mol. The molecule has 3 atom stereocenters. The predicted molar refractivity (Wildman–Crippen MR) is 348 cm³/mol. The van der Waals surface area contributed by atoms with Crippen LogP contribution in [0.3, 0.4) is 0 Å². The van der Waals surface area contributed by atoms with Gasteiger partial charge in [0, 0.05) is 87.7 Å². The lowest BCUT2D eigenvalue weighted by molar-refractivity contribution is -0.139. The molecule has 19 nitrogen and oxygen atoms in total. The lowest BCUT2D eigenvalue weighted by Gasteiger charge is -2.39. The Hall–Kier alpha value is -7.30. The van der Waals surface area contributed by atoms with E-state index >= 15 is 4.39 Å². The number of fused-ring (bicyclic) bond motifs is 1. The van der Waals surface area contributed by atoms with Crippen LogP contribution in [0.4, 0.5) is 28.6 Å². The molecule has 6 aliphatic rings. The topological polar surface area (TPSA) is 198 Å². The maximum absolute atomic E-state index is 16.9. The number of anilines is 1. The third-order valence-corrected chi connectivity index (χ3v) is 19.5. The van der Waals surface area contributed by atoms with Gasteiger partial charge in [0.15, 0.2) is 0 Å². The number of carbonyl (C=O) groups is 5. The van der Waals surface area contributed by atoms with Gasteiger partial charge in [-0.15, -0.1) is 0 Å². The van der Waals surface area contributed by atoms with Crippen molar-refractivity contribution in [3.8, 4) is 0 Å². The Morgan fingerprint density at radius 2 is 1.48 bits per heavy atom. The molecule has 5 saturated heterocycles. The number of halogens is 4. The molecule has 1 aliphatic carbocycles. The molecule has 7 heterocycles. The summed E-state index contributed by atoms with van der Waals surface area (Å²) in [6.45, 7) is 15.0. The van der Waals surface area contributed by atoms with Crippen LogP contribution in [0.15, 0.2) is 84.2 Å². The number of rotatable bonds is 17. The maximum atomic E-state index is 16.9. The first-order valence-electron chi connectivity index (χ1n) is 33.3. The number of H-pyrrole nitrogens is 1. The van der Waals surface area contributed by atoms with Crippen molar-refractivity contribution in [1.29, 1.82) is 0 Å². The minimum atomic E-state index is -0.923. The number of carbonyl (C=O) groups excluding carboxylic acids is 5. The maximum Gasteiger partial charge on any atom is 0.416 e. The van der Waals surface area contributed by atoms with Crippen molar-refractivity contribution >= 4 is 64.2 Å².